The van der Waals surface area contributed by atoms with Gasteiger partial charge < -0.3 is 5.73 Å². The highest BCUT2D eigenvalue weighted by molar-refractivity contribution is 7.10. The van der Waals surface area contributed by atoms with Gasteiger partial charge in [-0.2, -0.15) is 0 Å². The summed E-state index contributed by atoms with van der Waals surface area (Å²) in [6, 6.07) is 2.21. The zero-order valence-electron chi connectivity index (χ0n) is 10.2. The fourth-order valence-electron chi connectivity index (χ4n) is 1.60. The van der Waals surface area contributed by atoms with Gasteiger partial charge in [0.2, 0.25) is 0 Å². The number of thiazole rings is 1. The van der Waals surface area contributed by atoms with Crippen LogP contribution in [0.25, 0.3) is 11.3 Å². The van der Waals surface area contributed by atoms with E-state index in [9.17, 15) is 8.78 Å². The first-order valence-electron chi connectivity index (χ1n) is 5.70. The van der Waals surface area contributed by atoms with Crippen molar-refractivity contribution in [2.24, 2.45) is 5.73 Å². The number of aryl methyl sites for hydroxylation is 1. The van der Waals surface area contributed by atoms with E-state index in [-0.39, 0.29) is 17.2 Å². The van der Waals surface area contributed by atoms with E-state index in [0.717, 1.165) is 11.4 Å². The van der Waals surface area contributed by atoms with Crippen LogP contribution < -0.4 is 5.73 Å². The zero-order valence-corrected chi connectivity index (χ0v) is 11.0. The van der Waals surface area contributed by atoms with Crippen LogP contribution in [0.3, 0.4) is 0 Å². The Morgan fingerprint density at radius 3 is 2.72 bits per heavy atom. The van der Waals surface area contributed by atoms with Crippen LogP contribution in [0.15, 0.2) is 17.5 Å². The van der Waals surface area contributed by atoms with Crippen molar-refractivity contribution in [3.63, 3.8) is 0 Å². The maximum absolute atomic E-state index is 13.8. The lowest BCUT2D eigenvalue weighted by Crippen LogP contribution is -2.07. The summed E-state index contributed by atoms with van der Waals surface area (Å²) < 4.78 is 27.2. The summed E-state index contributed by atoms with van der Waals surface area (Å²) in [6.45, 7) is 3.49. The van der Waals surface area contributed by atoms with Gasteiger partial charge in [-0.25, -0.2) is 13.8 Å². The van der Waals surface area contributed by atoms with E-state index in [1.165, 1.54) is 30.4 Å². The van der Waals surface area contributed by atoms with Gasteiger partial charge in [-0.05, 0) is 31.0 Å². The molecule has 2 rings (SSSR count). The lowest BCUT2D eigenvalue weighted by atomic mass is 10.1. The van der Waals surface area contributed by atoms with Crippen molar-refractivity contribution in [1.82, 2.24) is 4.98 Å². The average Bonchev–Trinajstić information content (AvgIpc) is 2.82. The van der Waals surface area contributed by atoms with Crippen molar-refractivity contribution in [3.05, 3.63) is 39.7 Å². The summed E-state index contributed by atoms with van der Waals surface area (Å²) in [5.41, 5.74) is 6.77. The molecular weight excluding hydrogens is 254 g/mol. The summed E-state index contributed by atoms with van der Waals surface area (Å²) in [5.74, 6) is -0.892. The quantitative estimate of drug-likeness (QED) is 0.919. The number of nitrogens with two attached hydrogens (primary N) is 1. The van der Waals surface area contributed by atoms with Crippen molar-refractivity contribution >= 4 is 11.3 Å². The van der Waals surface area contributed by atoms with Gasteiger partial charge in [0.25, 0.3) is 0 Å². The second-order valence-electron chi connectivity index (χ2n) is 4.17. The van der Waals surface area contributed by atoms with Gasteiger partial charge in [-0.15, -0.1) is 11.3 Å². The smallest absolute Gasteiger partial charge is 0.133 e. The lowest BCUT2D eigenvalue weighted by molar-refractivity contribution is 0.594. The van der Waals surface area contributed by atoms with E-state index in [0.29, 0.717) is 5.69 Å². The van der Waals surface area contributed by atoms with Gasteiger partial charge in [0.15, 0.2) is 0 Å². The minimum Gasteiger partial charge on any atom is -0.322 e. The fraction of sp³-hybridized carbons (Fsp3) is 0.308. The second kappa shape index (κ2) is 5.12. The Balaban J connectivity index is 2.43. The molecule has 1 unspecified atom stereocenters. The molecule has 0 aliphatic heterocycles. The summed E-state index contributed by atoms with van der Waals surface area (Å²) in [5, 5.41) is 2.45. The molecule has 96 valence electrons. The van der Waals surface area contributed by atoms with Crippen LogP contribution in [-0.4, -0.2) is 4.98 Å². The molecule has 2 nitrogen and oxygen atoms in total. The van der Waals surface area contributed by atoms with Crippen molar-refractivity contribution in [2.45, 2.75) is 26.3 Å². The van der Waals surface area contributed by atoms with E-state index in [4.69, 9.17) is 5.73 Å². The molecule has 0 aliphatic rings. The number of rotatable bonds is 3. The molecule has 1 heterocycles. The van der Waals surface area contributed by atoms with Crippen LogP contribution in [0.2, 0.25) is 0 Å². The maximum atomic E-state index is 13.8. The molecule has 2 aromatic rings. The normalized spacial score (nSPS) is 12.7. The largest absolute Gasteiger partial charge is 0.322 e. The number of nitrogens with zero attached hydrogens (tertiary/aromatic N) is 1. The highest BCUT2D eigenvalue weighted by Crippen LogP contribution is 2.29. The molecule has 0 radical (unpaired) electrons. The first-order chi connectivity index (χ1) is 8.52. The third kappa shape index (κ3) is 2.42. The van der Waals surface area contributed by atoms with Gasteiger partial charge in [0.05, 0.1) is 11.7 Å². The van der Waals surface area contributed by atoms with Crippen molar-refractivity contribution in [1.29, 1.82) is 0 Å². The summed E-state index contributed by atoms with van der Waals surface area (Å²) >= 11 is 1.37. The Bertz CT molecular complexity index is 566. The predicted octanol–water partition coefficient (Wildman–Crippen LogP) is 3.81. The molecule has 18 heavy (non-hydrogen) atoms. The standard InChI is InChI=1S/C13H14F2N2S/c1-3-11(16)13-17-12(6-18-13)8-5-9(14)7(2)4-10(8)15/h4-6,11H,3,16H2,1-2H3. The van der Waals surface area contributed by atoms with Gasteiger partial charge >= 0.3 is 0 Å². The van der Waals surface area contributed by atoms with Gasteiger partial charge in [-0.1, -0.05) is 6.92 Å². The van der Waals surface area contributed by atoms with E-state index >= 15 is 0 Å². The van der Waals surface area contributed by atoms with Crippen molar-refractivity contribution in [2.75, 3.05) is 0 Å². The molecule has 0 aliphatic carbocycles. The Morgan fingerprint density at radius 2 is 2.06 bits per heavy atom. The number of hydrogen-bond acceptors (Lipinski definition) is 3. The molecule has 0 saturated carbocycles. The zero-order chi connectivity index (χ0) is 13.3. The number of halogens is 2. The molecule has 5 heteroatoms. The Morgan fingerprint density at radius 1 is 1.33 bits per heavy atom. The minimum absolute atomic E-state index is 0.151. The summed E-state index contributed by atoms with van der Waals surface area (Å²) in [4.78, 5) is 4.27. The lowest BCUT2D eigenvalue weighted by Gasteiger charge is -2.04. The van der Waals surface area contributed by atoms with Gasteiger partial charge in [-0.3, -0.25) is 0 Å². The molecule has 0 amide bonds. The first-order valence-corrected chi connectivity index (χ1v) is 6.58. The van der Waals surface area contributed by atoms with Gasteiger partial charge in [0.1, 0.15) is 16.6 Å². The van der Waals surface area contributed by atoms with Crippen LogP contribution in [-0.2, 0) is 0 Å². The number of benzene rings is 1. The van der Waals surface area contributed by atoms with Crippen LogP contribution in [0.5, 0.6) is 0 Å². The highest BCUT2D eigenvalue weighted by atomic mass is 32.1. The third-order valence-electron chi connectivity index (χ3n) is 2.80. The molecule has 2 N–H and O–H groups in total. The van der Waals surface area contributed by atoms with E-state index < -0.39 is 11.6 Å². The number of aromatic nitrogens is 1. The fourth-order valence-corrected chi connectivity index (χ4v) is 2.50. The van der Waals surface area contributed by atoms with E-state index in [2.05, 4.69) is 4.98 Å². The first kappa shape index (κ1) is 13.1. The van der Waals surface area contributed by atoms with Crippen LogP contribution in [0.1, 0.15) is 30.0 Å². The Hall–Kier alpha value is -1.33. The molecule has 0 fully saturated rings. The Labute approximate surface area is 108 Å². The van der Waals surface area contributed by atoms with Crippen LogP contribution in [0, 0.1) is 18.6 Å². The molecule has 1 aromatic heterocycles. The topological polar surface area (TPSA) is 38.9 Å². The molecule has 0 spiro atoms. The second-order valence-corrected chi connectivity index (χ2v) is 5.06. The summed E-state index contributed by atoms with van der Waals surface area (Å²) in [6.07, 6.45) is 0.762. The van der Waals surface area contributed by atoms with E-state index in [1.54, 1.807) is 5.38 Å². The van der Waals surface area contributed by atoms with Crippen molar-refractivity contribution < 1.29 is 8.78 Å². The van der Waals surface area contributed by atoms with Crippen LogP contribution in [0.4, 0.5) is 8.78 Å². The van der Waals surface area contributed by atoms with Gasteiger partial charge in [0, 0.05) is 10.9 Å². The van der Waals surface area contributed by atoms with Crippen molar-refractivity contribution in [3.8, 4) is 11.3 Å². The molecule has 1 atom stereocenters. The molecule has 0 saturated heterocycles. The predicted molar refractivity (Wildman–Crippen MR) is 69.4 cm³/mol. The van der Waals surface area contributed by atoms with Crippen LogP contribution >= 0.6 is 11.3 Å². The Kier molecular flexibility index (Phi) is 3.73. The SMILES string of the molecule is CCC(N)c1nc(-c2cc(F)c(C)cc2F)cs1. The third-order valence-corrected chi connectivity index (χ3v) is 3.78. The molecule has 1 aromatic carbocycles. The maximum Gasteiger partial charge on any atom is 0.133 e. The monoisotopic (exact) mass is 268 g/mol. The highest BCUT2D eigenvalue weighted by Gasteiger charge is 2.14. The van der Waals surface area contributed by atoms with E-state index in [1.807, 2.05) is 6.92 Å². The average molecular weight is 268 g/mol. The number of hydrogen-bond donors (Lipinski definition) is 1. The molecule has 0 bridgehead atoms. The summed E-state index contributed by atoms with van der Waals surface area (Å²) in [7, 11) is 0. The molecular formula is C13H14F2N2S. The minimum atomic E-state index is -0.462.